The van der Waals surface area contributed by atoms with Crippen LogP contribution in [-0.4, -0.2) is 28.8 Å². The highest BCUT2D eigenvalue weighted by molar-refractivity contribution is 5.25. The van der Waals surface area contributed by atoms with Gasteiger partial charge in [-0.2, -0.15) is 0 Å². The fraction of sp³-hybridized carbons (Fsp3) is 1.00. The van der Waals surface area contributed by atoms with Gasteiger partial charge in [0.1, 0.15) is 6.17 Å². The third-order valence-corrected chi connectivity index (χ3v) is 1.79. The van der Waals surface area contributed by atoms with Crippen LogP contribution in [-0.2, 0) is 0 Å². The maximum Gasteiger partial charge on any atom is 0.108 e. The molecule has 2 heteroatoms. The third kappa shape index (κ3) is 0.0364. The highest BCUT2D eigenvalue weighted by atomic mass is 16.1. The Kier molecular flexibility index (Phi) is 0.0632. The SMILES string of the molecule is C1C2C3N1N23. The molecule has 0 radical (unpaired) electrons. The van der Waals surface area contributed by atoms with Crippen molar-refractivity contribution in [3.8, 4) is 0 Å². The average molecular weight is 68.1 g/mol. The molecule has 4 unspecified atom stereocenters. The molecule has 0 aliphatic carbocycles. The zero-order chi connectivity index (χ0) is 3.02. The Morgan fingerprint density at radius 2 is 2.00 bits per heavy atom. The van der Waals surface area contributed by atoms with Gasteiger partial charge in [-0.25, -0.2) is 10.0 Å². The maximum absolute atomic E-state index is 2.39. The molecule has 0 aromatic heterocycles. The van der Waals surface area contributed by atoms with Gasteiger partial charge in [0.15, 0.2) is 0 Å². The zero-order valence-electron chi connectivity index (χ0n) is 2.76. The van der Waals surface area contributed by atoms with E-state index in [2.05, 4.69) is 10.0 Å². The lowest BCUT2D eigenvalue weighted by molar-refractivity contribution is 0.109. The van der Waals surface area contributed by atoms with Crippen molar-refractivity contribution in [2.75, 3.05) is 6.54 Å². The number of hydrazine groups is 1. The van der Waals surface area contributed by atoms with E-state index in [4.69, 9.17) is 0 Å². The van der Waals surface area contributed by atoms with E-state index in [9.17, 15) is 0 Å². The van der Waals surface area contributed by atoms with Crippen LogP contribution in [0.1, 0.15) is 0 Å². The summed E-state index contributed by atoms with van der Waals surface area (Å²) >= 11 is 0. The molecule has 0 aromatic rings. The minimum atomic E-state index is 0.981. The Morgan fingerprint density at radius 3 is 2.00 bits per heavy atom. The van der Waals surface area contributed by atoms with Crippen LogP contribution in [0.3, 0.4) is 0 Å². The van der Waals surface area contributed by atoms with Crippen molar-refractivity contribution in [3.05, 3.63) is 0 Å². The summed E-state index contributed by atoms with van der Waals surface area (Å²) in [5.74, 6) is 0. The van der Waals surface area contributed by atoms with Crippen LogP contribution in [0.15, 0.2) is 0 Å². The van der Waals surface area contributed by atoms with E-state index in [0.717, 1.165) is 12.2 Å². The van der Waals surface area contributed by atoms with E-state index in [-0.39, 0.29) is 0 Å². The Balaban J connectivity index is 2.39. The molecule has 4 atom stereocenters. The molecular weight excluding hydrogens is 64.0 g/mol. The summed E-state index contributed by atoms with van der Waals surface area (Å²) in [4.78, 5) is 0. The molecule has 26 valence electrons. The topological polar surface area (TPSA) is 6.02 Å². The van der Waals surface area contributed by atoms with Gasteiger partial charge in [-0.15, -0.1) is 0 Å². The Hall–Kier alpha value is -0.0800. The average Bonchev–Trinajstić information content (AvgIpc) is 1.69. The van der Waals surface area contributed by atoms with Crippen LogP contribution in [0.4, 0.5) is 0 Å². The first-order valence-corrected chi connectivity index (χ1v) is 2.03. The molecule has 4 fully saturated rings. The highest BCUT2D eigenvalue weighted by Gasteiger charge is 2.81. The highest BCUT2D eigenvalue weighted by Crippen LogP contribution is 2.60. The minimum Gasteiger partial charge on any atom is -0.218 e. The van der Waals surface area contributed by atoms with Crippen molar-refractivity contribution in [2.24, 2.45) is 0 Å². The Labute approximate surface area is 29.9 Å². The van der Waals surface area contributed by atoms with Crippen LogP contribution < -0.4 is 0 Å². The molecule has 2 bridgehead atoms. The maximum atomic E-state index is 2.39. The fourth-order valence-electron chi connectivity index (χ4n) is 1.15. The standard InChI is InChI=1S/C3H4N2/c1-2-3-4(1)5(2)3/h2-3H,1H2. The first-order valence-electron chi connectivity index (χ1n) is 2.03. The molecule has 5 heavy (non-hydrogen) atoms. The lowest BCUT2D eigenvalue weighted by Crippen LogP contribution is -2.43. The molecule has 0 N–H and O–H groups in total. The van der Waals surface area contributed by atoms with E-state index in [0.29, 0.717) is 0 Å². The summed E-state index contributed by atoms with van der Waals surface area (Å²) in [5.41, 5.74) is 0. The smallest absolute Gasteiger partial charge is 0.108 e. The monoisotopic (exact) mass is 68.0 g/mol. The fourth-order valence-corrected chi connectivity index (χ4v) is 1.15. The molecule has 4 heterocycles. The van der Waals surface area contributed by atoms with Gasteiger partial charge in [-0.3, -0.25) is 0 Å². The second kappa shape index (κ2) is 0.200. The summed E-state index contributed by atoms with van der Waals surface area (Å²) in [5, 5.41) is 4.75. The predicted octanol–water partition coefficient (Wildman–Crippen LogP) is -0.759. The zero-order valence-corrected chi connectivity index (χ0v) is 2.76. The van der Waals surface area contributed by atoms with Crippen LogP contribution in [0.25, 0.3) is 0 Å². The Bertz CT molecular complexity index is 69.1. The lowest BCUT2D eigenvalue weighted by Gasteiger charge is -2.23. The van der Waals surface area contributed by atoms with Crippen LogP contribution in [0.2, 0.25) is 0 Å². The lowest BCUT2D eigenvalue weighted by atomic mass is 10.3. The van der Waals surface area contributed by atoms with Crippen molar-refractivity contribution < 1.29 is 0 Å². The second-order valence-electron chi connectivity index (χ2n) is 1.98. The number of rotatable bonds is 0. The van der Waals surface area contributed by atoms with Gasteiger partial charge in [-0.1, -0.05) is 0 Å². The van der Waals surface area contributed by atoms with Crippen LogP contribution in [0, 0.1) is 0 Å². The molecular formula is C3H4N2. The van der Waals surface area contributed by atoms with Gasteiger partial charge >= 0.3 is 0 Å². The normalized spacial score (nSPS) is 91.2. The molecule has 0 saturated carbocycles. The minimum absolute atomic E-state index is 0.981. The van der Waals surface area contributed by atoms with Gasteiger partial charge in [0, 0.05) is 6.54 Å². The van der Waals surface area contributed by atoms with Crippen molar-refractivity contribution in [2.45, 2.75) is 12.2 Å². The van der Waals surface area contributed by atoms with Gasteiger partial charge in [0.2, 0.25) is 0 Å². The van der Waals surface area contributed by atoms with Crippen molar-refractivity contribution in [1.29, 1.82) is 0 Å². The molecule has 0 spiro atoms. The molecule has 0 aromatic carbocycles. The molecule has 4 rings (SSSR count). The molecule has 4 aliphatic heterocycles. The van der Waals surface area contributed by atoms with Crippen LogP contribution >= 0.6 is 0 Å². The number of hydrogen-bond acceptors (Lipinski definition) is 2. The van der Waals surface area contributed by atoms with E-state index in [1.54, 1.807) is 0 Å². The van der Waals surface area contributed by atoms with Gasteiger partial charge < -0.3 is 0 Å². The summed E-state index contributed by atoms with van der Waals surface area (Å²) in [6.45, 7) is 1.38. The van der Waals surface area contributed by atoms with Gasteiger partial charge in [-0.05, 0) is 0 Å². The van der Waals surface area contributed by atoms with Crippen LogP contribution in [0.5, 0.6) is 0 Å². The number of hydrogen-bond donors (Lipinski definition) is 0. The largest absolute Gasteiger partial charge is 0.218 e. The second-order valence-corrected chi connectivity index (χ2v) is 1.98. The Morgan fingerprint density at radius 1 is 1.60 bits per heavy atom. The first-order chi connectivity index (χ1) is 2.48. The molecule has 4 saturated heterocycles. The van der Waals surface area contributed by atoms with E-state index in [1.807, 2.05) is 0 Å². The van der Waals surface area contributed by atoms with Gasteiger partial charge in [0.25, 0.3) is 0 Å². The van der Waals surface area contributed by atoms with Crippen molar-refractivity contribution in [3.63, 3.8) is 0 Å². The van der Waals surface area contributed by atoms with Gasteiger partial charge in [0.05, 0.1) is 6.04 Å². The summed E-state index contributed by atoms with van der Waals surface area (Å²) in [7, 11) is 0. The van der Waals surface area contributed by atoms with Crippen molar-refractivity contribution in [1.82, 2.24) is 10.0 Å². The van der Waals surface area contributed by atoms with E-state index < -0.39 is 0 Å². The molecule has 2 nitrogen and oxygen atoms in total. The van der Waals surface area contributed by atoms with E-state index in [1.165, 1.54) is 6.54 Å². The van der Waals surface area contributed by atoms with Crippen molar-refractivity contribution >= 4 is 0 Å². The summed E-state index contributed by atoms with van der Waals surface area (Å²) in [6, 6.07) is 1.05. The quantitative estimate of drug-likeness (QED) is 0.344. The third-order valence-electron chi connectivity index (χ3n) is 1.79. The predicted molar refractivity (Wildman–Crippen MR) is 16.1 cm³/mol. The number of nitrogens with zero attached hydrogens (tertiary/aromatic N) is 2. The summed E-state index contributed by atoms with van der Waals surface area (Å²) in [6.07, 6.45) is 0.981. The van der Waals surface area contributed by atoms with E-state index >= 15 is 0 Å². The first kappa shape index (κ1) is 1.58. The summed E-state index contributed by atoms with van der Waals surface area (Å²) < 4.78 is 0. The molecule has 0 amide bonds. The molecule has 4 aliphatic rings.